The zero-order valence-electron chi connectivity index (χ0n) is 9.94. The van der Waals surface area contributed by atoms with Crippen molar-refractivity contribution in [2.75, 3.05) is 6.61 Å². The summed E-state index contributed by atoms with van der Waals surface area (Å²) >= 11 is 0. The maximum absolute atomic E-state index is 12.9. The Morgan fingerprint density at radius 1 is 1.39 bits per heavy atom. The standard InChI is InChI=1S/C13H13FN2O2/c1-9-7-13(17)16-12(15-9)5-6-18-11-4-2-3-10(14)8-11/h2-4,7-8H,5-6H2,1H3,(H,15,16,17). The van der Waals surface area contributed by atoms with Gasteiger partial charge >= 0.3 is 0 Å². The summed E-state index contributed by atoms with van der Waals surface area (Å²) in [5.74, 6) is 0.691. The van der Waals surface area contributed by atoms with Crippen LogP contribution in [0.15, 0.2) is 35.1 Å². The molecule has 0 aliphatic carbocycles. The molecule has 0 saturated heterocycles. The molecular weight excluding hydrogens is 235 g/mol. The molecule has 0 saturated carbocycles. The molecule has 1 N–H and O–H groups in total. The van der Waals surface area contributed by atoms with Crippen molar-refractivity contribution in [3.63, 3.8) is 0 Å². The second-order valence-corrected chi connectivity index (χ2v) is 3.89. The predicted octanol–water partition coefficient (Wildman–Crippen LogP) is 1.84. The van der Waals surface area contributed by atoms with Crippen molar-refractivity contribution >= 4 is 0 Å². The van der Waals surface area contributed by atoms with E-state index in [-0.39, 0.29) is 11.4 Å². The van der Waals surface area contributed by atoms with Crippen LogP contribution in [0.4, 0.5) is 4.39 Å². The van der Waals surface area contributed by atoms with Gasteiger partial charge in [-0.3, -0.25) is 4.79 Å². The van der Waals surface area contributed by atoms with E-state index in [2.05, 4.69) is 9.97 Å². The van der Waals surface area contributed by atoms with Gasteiger partial charge in [0, 0.05) is 24.2 Å². The lowest BCUT2D eigenvalue weighted by molar-refractivity contribution is 0.317. The number of halogens is 1. The number of nitrogens with one attached hydrogen (secondary N) is 1. The van der Waals surface area contributed by atoms with Crippen LogP contribution >= 0.6 is 0 Å². The molecule has 18 heavy (non-hydrogen) atoms. The summed E-state index contributed by atoms with van der Waals surface area (Å²) in [6.07, 6.45) is 0.466. The molecule has 0 aliphatic rings. The molecular formula is C13H13FN2O2. The van der Waals surface area contributed by atoms with Crippen LogP contribution in [0.1, 0.15) is 11.5 Å². The molecule has 0 bridgehead atoms. The van der Waals surface area contributed by atoms with E-state index in [9.17, 15) is 9.18 Å². The number of ether oxygens (including phenoxy) is 1. The Morgan fingerprint density at radius 2 is 2.22 bits per heavy atom. The molecule has 0 atom stereocenters. The summed E-state index contributed by atoms with van der Waals surface area (Å²) in [5.41, 5.74) is 0.489. The van der Waals surface area contributed by atoms with Gasteiger partial charge in [0.25, 0.3) is 5.56 Å². The molecule has 0 aliphatic heterocycles. The van der Waals surface area contributed by atoms with Gasteiger partial charge in [-0.15, -0.1) is 0 Å². The van der Waals surface area contributed by atoms with Crippen LogP contribution in [-0.2, 0) is 6.42 Å². The number of aromatic amines is 1. The summed E-state index contributed by atoms with van der Waals surface area (Å²) < 4.78 is 18.3. The first-order valence-corrected chi connectivity index (χ1v) is 5.59. The van der Waals surface area contributed by atoms with Crippen molar-refractivity contribution in [3.05, 3.63) is 58.0 Å². The third kappa shape index (κ3) is 3.41. The fourth-order valence-corrected chi connectivity index (χ4v) is 1.58. The number of H-pyrrole nitrogens is 1. The normalized spacial score (nSPS) is 10.3. The Kier molecular flexibility index (Phi) is 3.72. The lowest BCUT2D eigenvalue weighted by Gasteiger charge is -2.06. The van der Waals surface area contributed by atoms with E-state index < -0.39 is 0 Å². The van der Waals surface area contributed by atoms with E-state index in [1.54, 1.807) is 19.1 Å². The van der Waals surface area contributed by atoms with Crippen molar-refractivity contribution in [3.8, 4) is 5.75 Å². The molecule has 0 spiro atoms. The van der Waals surface area contributed by atoms with Crippen molar-refractivity contribution in [2.45, 2.75) is 13.3 Å². The quantitative estimate of drug-likeness (QED) is 0.898. The molecule has 1 aromatic carbocycles. The Hall–Kier alpha value is -2.17. The first-order valence-electron chi connectivity index (χ1n) is 5.59. The molecule has 0 fully saturated rings. The third-order valence-electron chi connectivity index (χ3n) is 2.32. The largest absolute Gasteiger partial charge is 0.493 e. The van der Waals surface area contributed by atoms with Crippen molar-refractivity contribution in [1.82, 2.24) is 9.97 Å². The first-order chi connectivity index (χ1) is 8.63. The first kappa shape index (κ1) is 12.3. The topological polar surface area (TPSA) is 55.0 Å². The smallest absolute Gasteiger partial charge is 0.251 e. The van der Waals surface area contributed by atoms with E-state index in [1.165, 1.54) is 18.2 Å². The summed E-state index contributed by atoms with van der Waals surface area (Å²) in [7, 11) is 0. The van der Waals surface area contributed by atoms with Gasteiger partial charge < -0.3 is 9.72 Å². The minimum absolute atomic E-state index is 0.178. The molecule has 94 valence electrons. The van der Waals surface area contributed by atoms with E-state index in [0.717, 1.165) is 0 Å². The van der Waals surface area contributed by atoms with Crippen LogP contribution in [0, 0.1) is 12.7 Å². The van der Waals surface area contributed by atoms with Crippen LogP contribution in [-0.4, -0.2) is 16.6 Å². The van der Waals surface area contributed by atoms with Gasteiger partial charge in [-0.05, 0) is 19.1 Å². The van der Waals surface area contributed by atoms with Gasteiger partial charge in [-0.1, -0.05) is 6.07 Å². The van der Waals surface area contributed by atoms with Gasteiger partial charge in [0.2, 0.25) is 0 Å². The van der Waals surface area contributed by atoms with Crippen LogP contribution in [0.5, 0.6) is 5.75 Å². The Labute approximate surface area is 103 Å². The lowest BCUT2D eigenvalue weighted by atomic mass is 10.3. The van der Waals surface area contributed by atoms with Gasteiger partial charge in [-0.2, -0.15) is 0 Å². The summed E-state index contributed by atoms with van der Waals surface area (Å²) in [5, 5.41) is 0. The Morgan fingerprint density at radius 3 is 2.94 bits per heavy atom. The average molecular weight is 248 g/mol. The van der Waals surface area contributed by atoms with Gasteiger partial charge in [0.1, 0.15) is 17.4 Å². The van der Waals surface area contributed by atoms with Crippen LogP contribution in [0.3, 0.4) is 0 Å². The van der Waals surface area contributed by atoms with Gasteiger partial charge in [0.15, 0.2) is 0 Å². The zero-order valence-corrected chi connectivity index (χ0v) is 9.94. The average Bonchev–Trinajstić information content (AvgIpc) is 2.27. The molecule has 1 heterocycles. The van der Waals surface area contributed by atoms with Crippen molar-refractivity contribution < 1.29 is 9.13 Å². The Bertz CT molecular complexity index is 596. The number of rotatable bonds is 4. The number of aryl methyl sites for hydroxylation is 1. The lowest BCUT2D eigenvalue weighted by Crippen LogP contribution is -2.13. The highest BCUT2D eigenvalue weighted by atomic mass is 19.1. The van der Waals surface area contributed by atoms with Crippen LogP contribution in [0.2, 0.25) is 0 Å². The number of hydrogen-bond donors (Lipinski definition) is 1. The van der Waals surface area contributed by atoms with Crippen LogP contribution in [0.25, 0.3) is 0 Å². The molecule has 2 rings (SSSR count). The minimum Gasteiger partial charge on any atom is -0.493 e. The highest BCUT2D eigenvalue weighted by Gasteiger charge is 2.00. The molecule has 0 amide bonds. The molecule has 2 aromatic rings. The fourth-order valence-electron chi connectivity index (χ4n) is 1.58. The van der Waals surface area contributed by atoms with E-state index >= 15 is 0 Å². The molecule has 0 unspecified atom stereocenters. The summed E-state index contributed by atoms with van der Waals surface area (Å²) in [4.78, 5) is 18.0. The Balaban J connectivity index is 1.94. The minimum atomic E-state index is -0.338. The zero-order chi connectivity index (χ0) is 13.0. The second kappa shape index (κ2) is 5.44. The van der Waals surface area contributed by atoms with Gasteiger partial charge in [0.05, 0.1) is 6.61 Å². The van der Waals surface area contributed by atoms with Crippen molar-refractivity contribution in [1.29, 1.82) is 0 Å². The SMILES string of the molecule is Cc1cc(=O)[nH]c(CCOc2cccc(F)c2)n1. The van der Waals surface area contributed by atoms with Crippen molar-refractivity contribution in [2.24, 2.45) is 0 Å². The van der Waals surface area contributed by atoms with E-state index in [4.69, 9.17) is 4.74 Å². The maximum Gasteiger partial charge on any atom is 0.251 e. The summed E-state index contributed by atoms with van der Waals surface area (Å²) in [6.45, 7) is 2.09. The van der Waals surface area contributed by atoms with Crippen LogP contribution < -0.4 is 10.3 Å². The molecule has 4 nitrogen and oxygen atoms in total. The molecule has 1 aromatic heterocycles. The van der Waals surface area contributed by atoms with Gasteiger partial charge in [-0.25, -0.2) is 9.37 Å². The van der Waals surface area contributed by atoms with E-state index in [0.29, 0.717) is 30.3 Å². The molecule has 0 radical (unpaired) electrons. The predicted molar refractivity (Wildman–Crippen MR) is 65.2 cm³/mol. The number of aromatic nitrogens is 2. The molecule has 5 heteroatoms. The summed E-state index contributed by atoms with van der Waals surface area (Å²) in [6, 6.07) is 7.35. The number of hydrogen-bond acceptors (Lipinski definition) is 3. The van der Waals surface area contributed by atoms with E-state index in [1.807, 2.05) is 0 Å². The third-order valence-corrected chi connectivity index (χ3v) is 2.32. The fraction of sp³-hybridized carbons (Fsp3) is 0.231. The second-order valence-electron chi connectivity index (χ2n) is 3.89. The highest BCUT2D eigenvalue weighted by Crippen LogP contribution is 2.11. The number of benzene rings is 1. The number of nitrogens with zero attached hydrogens (tertiary/aromatic N) is 1. The maximum atomic E-state index is 12.9. The highest BCUT2D eigenvalue weighted by molar-refractivity contribution is 5.22. The monoisotopic (exact) mass is 248 g/mol.